The van der Waals surface area contributed by atoms with E-state index in [1.807, 2.05) is 0 Å². The lowest BCUT2D eigenvalue weighted by Gasteiger charge is -2.19. The van der Waals surface area contributed by atoms with Crippen LogP contribution >= 0.6 is 0 Å². The van der Waals surface area contributed by atoms with Crippen LogP contribution in [0.4, 0.5) is 4.39 Å². The fraction of sp³-hybridized carbons (Fsp3) is 0.294. The number of benzene rings is 2. The summed E-state index contributed by atoms with van der Waals surface area (Å²) >= 11 is 0. The van der Waals surface area contributed by atoms with Gasteiger partial charge >= 0.3 is 0 Å². The average molecular weight is 258 g/mol. The summed E-state index contributed by atoms with van der Waals surface area (Å²) in [5.41, 5.74) is 2.53. The minimum Gasteiger partial charge on any atom is -0.489 e. The molecule has 0 saturated carbocycles. The number of hydrogen-bond donors (Lipinski definition) is 0. The zero-order valence-corrected chi connectivity index (χ0v) is 11.6. The molecule has 19 heavy (non-hydrogen) atoms. The first-order valence-corrected chi connectivity index (χ1v) is 6.43. The Morgan fingerprint density at radius 1 is 1.00 bits per heavy atom. The first-order valence-electron chi connectivity index (χ1n) is 6.43. The van der Waals surface area contributed by atoms with E-state index in [-0.39, 0.29) is 11.2 Å². The molecule has 0 radical (unpaired) electrons. The highest BCUT2D eigenvalue weighted by Gasteiger charge is 2.12. The molecule has 0 bridgehead atoms. The fourth-order valence-electron chi connectivity index (χ4n) is 1.82. The smallest absolute Gasteiger partial charge is 0.126 e. The van der Waals surface area contributed by atoms with Crippen LogP contribution in [0.1, 0.15) is 31.9 Å². The van der Waals surface area contributed by atoms with Gasteiger partial charge < -0.3 is 4.74 Å². The molecule has 100 valence electrons. The summed E-state index contributed by atoms with van der Waals surface area (Å²) in [5, 5.41) is 0. The van der Waals surface area contributed by atoms with Gasteiger partial charge in [-0.3, -0.25) is 0 Å². The molecule has 0 N–H and O–H groups in total. The maximum absolute atomic E-state index is 13.0. The summed E-state index contributed by atoms with van der Waals surface area (Å²) in [6, 6.07) is 14.5. The fourth-order valence-corrected chi connectivity index (χ4v) is 1.82. The van der Waals surface area contributed by atoms with Crippen molar-refractivity contribution in [3.63, 3.8) is 0 Å². The maximum atomic E-state index is 13.0. The van der Waals surface area contributed by atoms with Gasteiger partial charge in [0.05, 0.1) is 0 Å². The van der Waals surface area contributed by atoms with E-state index in [9.17, 15) is 4.39 Å². The van der Waals surface area contributed by atoms with Gasteiger partial charge in [0.2, 0.25) is 0 Å². The van der Waals surface area contributed by atoms with E-state index in [1.165, 1.54) is 17.7 Å². The molecule has 0 aliphatic heterocycles. The van der Waals surface area contributed by atoms with E-state index < -0.39 is 0 Å². The molecule has 0 fully saturated rings. The van der Waals surface area contributed by atoms with Crippen LogP contribution in [0.3, 0.4) is 0 Å². The molecule has 2 heteroatoms. The molecule has 0 aliphatic carbocycles. The second kappa shape index (κ2) is 5.43. The zero-order chi connectivity index (χ0) is 13.9. The van der Waals surface area contributed by atoms with Gasteiger partial charge in [-0.05, 0) is 28.7 Å². The predicted molar refractivity (Wildman–Crippen MR) is 75.9 cm³/mol. The van der Waals surface area contributed by atoms with Crippen molar-refractivity contribution in [1.82, 2.24) is 0 Å². The second-order valence-electron chi connectivity index (χ2n) is 5.69. The third-order valence-electron chi connectivity index (χ3n) is 3.02. The van der Waals surface area contributed by atoms with Gasteiger partial charge in [0.25, 0.3) is 0 Å². The molecule has 0 unspecified atom stereocenters. The quantitative estimate of drug-likeness (QED) is 0.775. The molecule has 0 aromatic heterocycles. The first-order chi connectivity index (χ1) is 8.95. The monoisotopic (exact) mass is 258 g/mol. The number of ether oxygens (including phenoxy) is 1. The van der Waals surface area contributed by atoms with Gasteiger partial charge in [-0.15, -0.1) is 0 Å². The number of hydrogen-bond acceptors (Lipinski definition) is 1. The summed E-state index contributed by atoms with van der Waals surface area (Å²) in [7, 11) is 0. The van der Waals surface area contributed by atoms with Crippen LogP contribution in [0.25, 0.3) is 0 Å². The Labute approximate surface area is 114 Å². The van der Waals surface area contributed by atoms with Crippen LogP contribution in [0.5, 0.6) is 5.75 Å². The predicted octanol–water partition coefficient (Wildman–Crippen LogP) is 4.70. The van der Waals surface area contributed by atoms with E-state index in [0.29, 0.717) is 12.4 Å². The second-order valence-corrected chi connectivity index (χ2v) is 5.69. The molecular weight excluding hydrogens is 239 g/mol. The molecule has 0 atom stereocenters. The summed E-state index contributed by atoms with van der Waals surface area (Å²) in [4.78, 5) is 0. The van der Waals surface area contributed by atoms with Crippen molar-refractivity contribution in [3.8, 4) is 5.75 Å². The molecule has 2 rings (SSSR count). The Balaban J connectivity index is 2.01. The van der Waals surface area contributed by atoms with E-state index in [4.69, 9.17) is 4.74 Å². The van der Waals surface area contributed by atoms with E-state index in [2.05, 4.69) is 45.0 Å². The maximum Gasteiger partial charge on any atom is 0.126 e. The topological polar surface area (TPSA) is 9.23 Å². The largest absolute Gasteiger partial charge is 0.489 e. The van der Waals surface area contributed by atoms with Crippen molar-refractivity contribution in [2.75, 3.05) is 0 Å². The van der Waals surface area contributed by atoms with Crippen molar-refractivity contribution in [3.05, 3.63) is 65.5 Å². The van der Waals surface area contributed by atoms with Gasteiger partial charge in [-0.2, -0.15) is 0 Å². The Hall–Kier alpha value is -1.83. The highest BCUT2D eigenvalue weighted by Crippen LogP contribution is 2.22. The van der Waals surface area contributed by atoms with Crippen molar-refractivity contribution < 1.29 is 9.13 Å². The van der Waals surface area contributed by atoms with Gasteiger partial charge in [0.15, 0.2) is 0 Å². The Morgan fingerprint density at radius 2 is 1.68 bits per heavy atom. The van der Waals surface area contributed by atoms with E-state index in [1.54, 1.807) is 12.1 Å². The van der Waals surface area contributed by atoms with Gasteiger partial charge in [0, 0.05) is 6.07 Å². The standard InChI is InChI=1S/C17H19FO/c1-17(2,3)14-9-7-13(8-10-14)12-19-16-6-4-5-15(18)11-16/h4-11H,12H2,1-3H3. The van der Waals surface area contributed by atoms with Gasteiger partial charge in [-0.1, -0.05) is 51.1 Å². The van der Waals surface area contributed by atoms with E-state index in [0.717, 1.165) is 5.56 Å². The number of rotatable bonds is 3. The lowest BCUT2D eigenvalue weighted by Crippen LogP contribution is -2.10. The van der Waals surface area contributed by atoms with Crippen LogP contribution in [0.2, 0.25) is 0 Å². The van der Waals surface area contributed by atoms with Crippen LogP contribution in [0, 0.1) is 5.82 Å². The number of halogens is 1. The molecule has 0 spiro atoms. The molecule has 0 aliphatic rings. The SMILES string of the molecule is CC(C)(C)c1ccc(COc2cccc(F)c2)cc1. The Morgan fingerprint density at radius 3 is 2.26 bits per heavy atom. The van der Waals surface area contributed by atoms with Crippen molar-refractivity contribution in [1.29, 1.82) is 0 Å². The summed E-state index contributed by atoms with van der Waals surface area (Å²) in [6.45, 7) is 7.01. The summed E-state index contributed by atoms with van der Waals surface area (Å²) < 4.78 is 18.6. The molecule has 2 aromatic carbocycles. The third-order valence-corrected chi connectivity index (χ3v) is 3.02. The third kappa shape index (κ3) is 3.82. The van der Waals surface area contributed by atoms with Crippen molar-refractivity contribution >= 4 is 0 Å². The van der Waals surface area contributed by atoms with E-state index >= 15 is 0 Å². The summed E-state index contributed by atoms with van der Waals surface area (Å²) in [5.74, 6) is 0.278. The van der Waals surface area contributed by atoms with Gasteiger partial charge in [0.1, 0.15) is 18.2 Å². The average Bonchev–Trinajstić information content (AvgIpc) is 2.36. The lowest BCUT2D eigenvalue weighted by atomic mass is 9.87. The van der Waals surface area contributed by atoms with Crippen molar-refractivity contribution in [2.24, 2.45) is 0 Å². The Kier molecular flexibility index (Phi) is 3.89. The lowest BCUT2D eigenvalue weighted by molar-refractivity contribution is 0.304. The molecule has 2 aromatic rings. The van der Waals surface area contributed by atoms with Crippen LogP contribution in [-0.2, 0) is 12.0 Å². The minimum absolute atomic E-state index is 0.155. The molecule has 0 heterocycles. The first kappa shape index (κ1) is 13.6. The molecular formula is C17H19FO. The highest BCUT2D eigenvalue weighted by atomic mass is 19.1. The zero-order valence-electron chi connectivity index (χ0n) is 11.6. The van der Waals surface area contributed by atoms with Crippen LogP contribution in [0.15, 0.2) is 48.5 Å². The van der Waals surface area contributed by atoms with Crippen molar-refractivity contribution in [2.45, 2.75) is 32.8 Å². The molecule has 0 amide bonds. The Bertz CT molecular complexity index is 538. The highest BCUT2D eigenvalue weighted by molar-refractivity contribution is 5.28. The molecule has 1 nitrogen and oxygen atoms in total. The minimum atomic E-state index is -0.277. The van der Waals surface area contributed by atoms with Crippen LogP contribution in [-0.4, -0.2) is 0 Å². The van der Waals surface area contributed by atoms with Crippen LogP contribution < -0.4 is 4.74 Å². The summed E-state index contributed by atoms with van der Waals surface area (Å²) in [6.07, 6.45) is 0. The van der Waals surface area contributed by atoms with Gasteiger partial charge in [-0.25, -0.2) is 4.39 Å². The molecule has 0 saturated heterocycles. The normalized spacial score (nSPS) is 11.4.